The second kappa shape index (κ2) is 5.31. The molecular formula is C14H18N2O. The number of fused-ring (bicyclic) bond motifs is 1. The van der Waals surface area contributed by atoms with Gasteiger partial charge in [-0.15, -0.1) is 0 Å². The zero-order valence-electron chi connectivity index (χ0n) is 9.95. The minimum atomic E-state index is -0.286. The number of nitrogens with zero attached hydrogens (tertiary/aromatic N) is 1. The van der Waals surface area contributed by atoms with Crippen molar-refractivity contribution < 1.29 is 5.11 Å². The number of aryl methyl sites for hydroxylation is 1. The summed E-state index contributed by atoms with van der Waals surface area (Å²) in [5, 5.41) is 21.6. The first-order chi connectivity index (χ1) is 8.32. The van der Waals surface area contributed by atoms with Gasteiger partial charge in [0.1, 0.15) is 0 Å². The summed E-state index contributed by atoms with van der Waals surface area (Å²) in [6, 6.07) is 10.4. The number of unbranched alkanes of at least 4 members (excludes halogenated alkanes) is 1. The summed E-state index contributed by atoms with van der Waals surface area (Å²) in [6.07, 6.45) is 3.36. The predicted molar refractivity (Wildman–Crippen MR) is 66.4 cm³/mol. The molecule has 1 atom stereocenters. The molecule has 2 rings (SSSR count). The third-order valence-corrected chi connectivity index (χ3v) is 3.55. The van der Waals surface area contributed by atoms with E-state index >= 15 is 0 Å². The number of aliphatic hydroxyl groups excluding tert-OH is 1. The van der Waals surface area contributed by atoms with E-state index in [4.69, 9.17) is 5.26 Å². The van der Waals surface area contributed by atoms with Gasteiger partial charge < -0.3 is 10.4 Å². The molecule has 1 aromatic carbocycles. The lowest BCUT2D eigenvalue weighted by Crippen LogP contribution is -2.44. The van der Waals surface area contributed by atoms with E-state index in [0.29, 0.717) is 6.42 Å². The third-order valence-electron chi connectivity index (χ3n) is 3.55. The molecule has 17 heavy (non-hydrogen) atoms. The van der Waals surface area contributed by atoms with E-state index in [-0.39, 0.29) is 12.1 Å². The van der Waals surface area contributed by atoms with Crippen LogP contribution in [0.1, 0.15) is 30.4 Å². The first-order valence-corrected chi connectivity index (χ1v) is 6.13. The fraction of sp³-hybridized carbons (Fsp3) is 0.500. The van der Waals surface area contributed by atoms with E-state index in [2.05, 4.69) is 23.5 Å². The van der Waals surface area contributed by atoms with Crippen molar-refractivity contribution in [2.45, 2.75) is 31.2 Å². The van der Waals surface area contributed by atoms with Gasteiger partial charge in [-0.05, 0) is 36.9 Å². The maximum absolute atomic E-state index is 9.69. The summed E-state index contributed by atoms with van der Waals surface area (Å²) < 4.78 is 0. The van der Waals surface area contributed by atoms with Crippen LogP contribution in [0.3, 0.4) is 0 Å². The highest BCUT2D eigenvalue weighted by atomic mass is 16.3. The fourth-order valence-corrected chi connectivity index (χ4v) is 2.59. The van der Waals surface area contributed by atoms with Gasteiger partial charge in [-0.2, -0.15) is 5.26 Å². The summed E-state index contributed by atoms with van der Waals surface area (Å²) in [5.74, 6) is 0. The van der Waals surface area contributed by atoms with Crippen LogP contribution in [0.25, 0.3) is 0 Å². The van der Waals surface area contributed by atoms with Gasteiger partial charge in [-0.3, -0.25) is 0 Å². The second-order valence-corrected chi connectivity index (χ2v) is 4.59. The number of nitriles is 1. The molecule has 0 fully saturated rings. The molecule has 1 unspecified atom stereocenters. The van der Waals surface area contributed by atoms with Gasteiger partial charge in [0.2, 0.25) is 0 Å². The molecular weight excluding hydrogens is 212 g/mol. The molecule has 0 saturated carbocycles. The van der Waals surface area contributed by atoms with Gasteiger partial charge in [0.25, 0.3) is 0 Å². The summed E-state index contributed by atoms with van der Waals surface area (Å²) in [5.41, 5.74) is 2.26. The van der Waals surface area contributed by atoms with Crippen molar-refractivity contribution in [1.29, 1.82) is 5.26 Å². The maximum atomic E-state index is 9.69. The molecule has 0 radical (unpaired) electrons. The Morgan fingerprint density at radius 3 is 3.00 bits per heavy atom. The zero-order valence-corrected chi connectivity index (χ0v) is 9.95. The smallest absolute Gasteiger partial charge is 0.0674 e. The predicted octanol–water partition coefficient (Wildman–Crippen LogP) is 1.71. The van der Waals surface area contributed by atoms with Crippen LogP contribution in [0.4, 0.5) is 0 Å². The maximum Gasteiger partial charge on any atom is 0.0674 e. The summed E-state index contributed by atoms with van der Waals surface area (Å²) in [4.78, 5) is 0. The van der Waals surface area contributed by atoms with Gasteiger partial charge in [0.05, 0.1) is 18.2 Å². The molecule has 1 aliphatic carbocycles. The van der Waals surface area contributed by atoms with E-state index in [1.807, 2.05) is 12.1 Å². The summed E-state index contributed by atoms with van der Waals surface area (Å²) in [7, 11) is 0. The largest absolute Gasteiger partial charge is 0.394 e. The van der Waals surface area contributed by atoms with Crippen molar-refractivity contribution in [3.05, 3.63) is 35.4 Å². The molecule has 3 nitrogen and oxygen atoms in total. The van der Waals surface area contributed by atoms with Crippen molar-refractivity contribution in [2.75, 3.05) is 13.2 Å². The molecule has 2 N–H and O–H groups in total. The Bertz CT molecular complexity index is 424. The van der Waals surface area contributed by atoms with Crippen molar-refractivity contribution in [3.8, 4) is 6.07 Å². The van der Waals surface area contributed by atoms with Crippen LogP contribution < -0.4 is 5.32 Å². The van der Waals surface area contributed by atoms with Gasteiger partial charge in [-0.1, -0.05) is 24.3 Å². The van der Waals surface area contributed by atoms with Crippen LogP contribution >= 0.6 is 0 Å². The molecule has 90 valence electrons. The number of aliphatic hydroxyl groups is 1. The fourth-order valence-electron chi connectivity index (χ4n) is 2.59. The van der Waals surface area contributed by atoms with Crippen molar-refractivity contribution in [1.82, 2.24) is 5.32 Å². The Balaban J connectivity index is 2.09. The van der Waals surface area contributed by atoms with Crippen LogP contribution in [0.2, 0.25) is 0 Å². The highest BCUT2D eigenvalue weighted by molar-refractivity contribution is 5.38. The highest BCUT2D eigenvalue weighted by Gasteiger charge is 2.37. The Labute approximate surface area is 102 Å². The molecule has 0 amide bonds. The number of benzene rings is 1. The Morgan fingerprint density at radius 1 is 1.41 bits per heavy atom. The summed E-state index contributed by atoms with van der Waals surface area (Å²) in [6.45, 7) is 0.902. The monoisotopic (exact) mass is 230 g/mol. The van der Waals surface area contributed by atoms with Crippen LogP contribution in [0.15, 0.2) is 24.3 Å². The Kier molecular flexibility index (Phi) is 3.78. The van der Waals surface area contributed by atoms with E-state index in [0.717, 1.165) is 25.8 Å². The highest BCUT2D eigenvalue weighted by Crippen LogP contribution is 2.36. The topological polar surface area (TPSA) is 56.0 Å². The SMILES string of the molecule is N#CCCCNC1(CO)CCc2ccccc21. The number of nitrogens with one attached hydrogen (secondary N) is 1. The molecule has 1 aliphatic rings. The number of hydrogen-bond donors (Lipinski definition) is 2. The zero-order chi connectivity index (χ0) is 12.1. The minimum absolute atomic E-state index is 0.122. The van der Waals surface area contributed by atoms with Gasteiger partial charge in [0.15, 0.2) is 0 Å². The molecule has 0 saturated heterocycles. The summed E-state index contributed by atoms with van der Waals surface area (Å²) >= 11 is 0. The number of hydrogen-bond acceptors (Lipinski definition) is 3. The van der Waals surface area contributed by atoms with Crippen molar-refractivity contribution in [2.24, 2.45) is 0 Å². The van der Waals surface area contributed by atoms with E-state index < -0.39 is 0 Å². The molecule has 0 spiro atoms. The van der Waals surface area contributed by atoms with Crippen LogP contribution in [-0.2, 0) is 12.0 Å². The molecule has 0 aromatic heterocycles. The van der Waals surface area contributed by atoms with Crippen LogP contribution in [0, 0.1) is 11.3 Å². The third kappa shape index (κ3) is 2.33. The Morgan fingerprint density at radius 2 is 2.24 bits per heavy atom. The van der Waals surface area contributed by atoms with Crippen LogP contribution in [0.5, 0.6) is 0 Å². The minimum Gasteiger partial charge on any atom is -0.394 e. The average molecular weight is 230 g/mol. The van der Waals surface area contributed by atoms with Crippen LogP contribution in [-0.4, -0.2) is 18.3 Å². The van der Waals surface area contributed by atoms with E-state index in [1.165, 1.54) is 11.1 Å². The average Bonchev–Trinajstić information content (AvgIpc) is 2.75. The lowest BCUT2D eigenvalue weighted by atomic mass is 9.92. The van der Waals surface area contributed by atoms with E-state index in [9.17, 15) is 5.11 Å². The quantitative estimate of drug-likeness (QED) is 0.757. The lowest BCUT2D eigenvalue weighted by molar-refractivity contribution is 0.160. The van der Waals surface area contributed by atoms with Crippen molar-refractivity contribution in [3.63, 3.8) is 0 Å². The first kappa shape index (κ1) is 12.1. The second-order valence-electron chi connectivity index (χ2n) is 4.59. The Hall–Kier alpha value is -1.37. The van der Waals surface area contributed by atoms with E-state index in [1.54, 1.807) is 0 Å². The standard InChI is InChI=1S/C14H18N2O/c15-9-3-4-10-16-14(11-17)8-7-12-5-1-2-6-13(12)14/h1-2,5-6,16-17H,3-4,7-8,10-11H2. The number of rotatable bonds is 5. The van der Waals surface area contributed by atoms with Gasteiger partial charge >= 0.3 is 0 Å². The molecule has 0 bridgehead atoms. The molecule has 1 aromatic rings. The van der Waals surface area contributed by atoms with Crippen molar-refractivity contribution >= 4 is 0 Å². The molecule has 0 aliphatic heterocycles. The normalized spacial score (nSPS) is 22.1. The molecule has 3 heteroatoms. The first-order valence-electron chi connectivity index (χ1n) is 6.13. The van der Waals surface area contributed by atoms with Gasteiger partial charge in [0, 0.05) is 6.42 Å². The lowest BCUT2D eigenvalue weighted by Gasteiger charge is -2.29. The molecule has 0 heterocycles. The van der Waals surface area contributed by atoms with Gasteiger partial charge in [-0.25, -0.2) is 0 Å².